The Bertz CT molecular complexity index is 1350. The largest absolute Gasteiger partial charge is 0.322 e. The minimum atomic E-state index is -3.78. The molecule has 0 aliphatic carbocycles. The van der Waals surface area contributed by atoms with Crippen LogP contribution in [0, 0.1) is 6.92 Å². The first-order valence-electron chi connectivity index (χ1n) is 9.70. The maximum Gasteiger partial charge on any atom is 0.263 e. The van der Waals surface area contributed by atoms with Crippen LogP contribution < -0.4 is 10.0 Å². The Labute approximate surface area is 180 Å². The summed E-state index contributed by atoms with van der Waals surface area (Å²) in [4.78, 5) is 21.3. The molecular weight excluding hydrogens is 414 g/mol. The molecule has 0 unspecified atom stereocenters. The number of hydrogen-bond donors (Lipinski definition) is 2. The van der Waals surface area contributed by atoms with Crippen LogP contribution in [0.2, 0.25) is 0 Å². The highest BCUT2D eigenvalue weighted by atomic mass is 32.2. The minimum Gasteiger partial charge on any atom is -0.322 e. The smallest absolute Gasteiger partial charge is 0.263 e. The summed E-state index contributed by atoms with van der Waals surface area (Å²) in [7, 11) is -3.78. The zero-order valence-electron chi connectivity index (χ0n) is 17.0. The molecule has 0 spiro atoms. The molecule has 9 heteroatoms. The van der Waals surface area contributed by atoms with Crippen molar-refractivity contribution in [2.24, 2.45) is 0 Å². The Morgan fingerprint density at radius 2 is 1.84 bits per heavy atom. The minimum absolute atomic E-state index is 0.0682. The molecule has 1 amide bonds. The van der Waals surface area contributed by atoms with Crippen LogP contribution >= 0.6 is 0 Å². The van der Waals surface area contributed by atoms with Crippen molar-refractivity contribution in [2.75, 3.05) is 10.0 Å². The molecule has 0 saturated heterocycles. The lowest BCUT2D eigenvalue weighted by atomic mass is 10.2. The average Bonchev–Trinajstić information content (AvgIpc) is 3.09. The van der Waals surface area contributed by atoms with Gasteiger partial charge in [0.15, 0.2) is 0 Å². The predicted molar refractivity (Wildman–Crippen MR) is 119 cm³/mol. The van der Waals surface area contributed by atoms with E-state index in [-0.39, 0.29) is 16.6 Å². The van der Waals surface area contributed by atoms with Gasteiger partial charge in [-0.25, -0.2) is 18.4 Å². The Kier molecular flexibility index (Phi) is 5.43. The van der Waals surface area contributed by atoms with Crippen LogP contribution in [0.15, 0.2) is 71.9 Å². The van der Waals surface area contributed by atoms with E-state index in [9.17, 15) is 13.2 Å². The van der Waals surface area contributed by atoms with Crippen molar-refractivity contribution in [2.45, 2.75) is 25.2 Å². The molecule has 0 bridgehead atoms. The fraction of sp³-hybridized carbons (Fsp3) is 0.136. The van der Waals surface area contributed by atoms with Crippen molar-refractivity contribution >= 4 is 33.1 Å². The summed E-state index contributed by atoms with van der Waals surface area (Å²) in [6, 6.07) is 14.4. The van der Waals surface area contributed by atoms with E-state index in [2.05, 4.69) is 20.0 Å². The van der Waals surface area contributed by atoms with E-state index in [1.54, 1.807) is 48.7 Å². The number of nitrogens with zero attached hydrogens (tertiary/aromatic N) is 3. The molecule has 4 aromatic rings. The highest BCUT2D eigenvalue weighted by molar-refractivity contribution is 7.92. The van der Waals surface area contributed by atoms with Gasteiger partial charge in [-0.3, -0.25) is 9.52 Å². The maximum absolute atomic E-state index is 12.7. The standard InChI is InChI=1S/C22H21N5O3S/c1-3-19-15(2)27-14-16(7-12-21(27)25-19)22(28)24-17-8-10-18(11-9-17)31(29,30)26-20-6-4-5-13-23-20/h4-14H,3H2,1-2H3,(H,23,26)(H,24,28). The molecule has 8 nitrogen and oxygen atoms in total. The first-order valence-corrected chi connectivity index (χ1v) is 11.2. The van der Waals surface area contributed by atoms with Crippen molar-refractivity contribution in [1.29, 1.82) is 0 Å². The van der Waals surface area contributed by atoms with E-state index >= 15 is 0 Å². The summed E-state index contributed by atoms with van der Waals surface area (Å²) in [5.41, 5.74) is 3.75. The molecule has 4 rings (SSSR count). The number of imidazole rings is 1. The molecule has 0 radical (unpaired) electrons. The fourth-order valence-electron chi connectivity index (χ4n) is 3.22. The van der Waals surface area contributed by atoms with Gasteiger partial charge >= 0.3 is 0 Å². The molecule has 158 valence electrons. The first kappa shape index (κ1) is 20.5. The zero-order valence-corrected chi connectivity index (χ0v) is 17.8. The molecule has 0 aliphatic rings. The van der Waals surface area contributed by atoms with E-state index in [1.807, 2.05) is 18.2 Å². The zero-order chi connectivity index (χ0) is 22.0. The molecule has 0 atom stereocenters. The van der Waals surface area contributed by atoms with Gasteiger partial charge < -0.3 is 9.72 Å². The van der Waals surface area contributed by atoms with Gasteiger partial charge in [0.05, 0.1) is 16.2 Å². The number of carbonyl (C=O) groups excluding carboxylic acids is 1. The van der Waals surface area contributed by atoms with Gasteiger partial charge in [-0.2, -0.15) is 0 Å². The van der Waals surface area contributed by atoms with Crippen LogP contribution in [0.1, 0.15) is 28.7 Å². The third-order valence-corrected chi connectivity index (χ3v) is 6.25. The van der Waals surface area contributed by atoms with Crippen LogP contribution in [0.3, 0.4) is 0 Å². The summed E-state index contributed by atoms with van der Waals surface area (Å²) in [5.74, 6) is -0.0634. The monoisotopic (exact) mass is 435 g/mol. The number of amides is 1. The third-order valence-electron chi connectivity index (χ3n) is 4.88. The van der Waals surface area contributed by atoms with Crippen molar-refractivity contribution in [3.8, 4) is 0 Å². The Morgan fingerprint density at radius 3 is 2.52 bits per heavy atom. The lowest BCUT2D eigenvalue weighted by molar-refractivity contribution is 0.102. The number of sulfonamides is 1. The molecule has 31 heavy (non-hydrogen) atoms. The number of anilines is 2. The lowest BCUT2D eigenvalue weighted by Gasteiger charge is -2.09. The summed E-state index contributed by atoms with van der Waals surface area (Å²) in [5, 5.41) is 2.79. The number of hydrogen-bond acceptors (Lipinski definition) is 5. The Hall–Kier alpha value is -3.72. The van der Waals surface area contributed by atoms with E-state index < -0.39 is 10.0 Å². The molecule has 3 aromatic heterocycles. The molecule has 3 heterocycles. The number of fused-ring (bicyclic) bond motifs is 1. The number of aryl methyl sites for hydroxylation is 2. The number of aromatic nitrogens is 3. The summed E-state index contributed by atoms with van der Waals surface area (Å²) < 4.78 is 29.3. The van der Waals surface area contributed by atoms with E-state index in [1.165, 1.54) is 18.3 Å². The highest BCUT2D eigenvalue weighted by Gasteiger charge is 2.15. The quantitative estimate of drug-likeness (QED) is 0.481. The van der Waals surface area contributed by atoms with Crippen LogP contribution in [-0.2, 0) is 16.4 Å². The van der Waals surface area contributed by atoms with Gasteiger partial charge in [-0.05, 0) is 61.9 Å². The van der Waals surface area contributed by atoms with Gasteiger partial charge in [-0.1, -0.05) is 13.0 Å². The highest BCUT2D eigenvalue weighted by Crippen LogP contribution is 2.19. The average molecular weight is 436 g/mol. The lowest BCUT2D eigenvalue weighted by Crippen LogP contribution is -2.15. The molecular formula is C22H21N5O3S. The van der Waals surface area contributed by atoms with Crippen LogP contribution in [-0.4, -0.2) is 28.7 Å². The van der Waals surface area contributed by atoms with Crippen molar-refractivity contribution in [1.82, 2.24) is 14.4 Å². The van der Waals surface area contributed by atoms with Gasteiger partial charge in [0.2, 0.25) is 0 Å². The topological polar surface area (TPSA) is 105 Å². The Balaban J connectivity index is 1.50. The van der Waals surface area contributed by atoms with Gasteiger partial charge in [0, 0.05) is 23.8 Å². The number of nitrogens with one attached hydrogen (secondary N) is 2. The van der Waals surface area contributed by atoms with Gasteiger partial charge in [0.25, 0.3) is 15.9 Å². The van der Waals surface area contributed by atoms with E-state index in [4.69, 9.17) is 0 Å². The van der Waals surface area contributed by atoms with E-state index in [0.29, 0.717) is 11.3 Å². The number of pyridine rings is 2. The van der Waals surface area contributed by atoms with Gasteiger partial charge in [0.1, 0.15) is 11.5 Å². The van der Waals surface area contributed by atoms with E-state index in [0.717, 1.165) is 23.5 Å². The van der Waals surface area contributed by atoms with Crippen LogP contribution in [0.5, 0.6) is 0 Å². The van der Waals surface area contributed by atoms with Gasteiger partial charge in [-0.15, -0.1) is 0 Å². The van der Waals surface area contributed by atoms with Crippen LogP contribution in [0.4, 0.5) is 11.5 Å². The predicted octanol–water partition coefficient (Wildman–Crippen LogP) is 3.65. The fourth-order valence-corrected chi connectivity index (χ4v) is 4.23. The molecule has 2 N–H and O–H groups in total. The second-order valence-corrected chi connectivity index (χ2v) is 8.62. The molecule has 1 aromatic carbocycles. The molecule has 0 saturated carbocycles. The Morgan fingerprint density at radius 1 is 1.06 bits per heavy atom. The second kappa shape index (κ2) is 8.19. The third kappa shape index (κ3) is 4.26. The second-order valence-electron chi connectivity index (χ2n) is 6.94. The number of benzene rings is 1. The van der Waals surface area contributed by atoms with Crippen molar-refractivity contribution in [3.05, 3.63) is 83.9 Å². The summed E-state index contributed by atoms with van der Waals surface area (Å²) in [6.45, 7) is 4.01. The maximum atomic E-state index is 12.7. The van der Waals surface area contributed by atoms with Crippen LogP contribution in [0.25, 0.3) is 5.65 Å². The molecule has 0 fully saturated rings. The first-order chi connectivity index (χ1) is 14.9. The SMILES string of the molecule is CCc1nc2ccc(C(=O)Nc3ccc(S(=O)(=O)Nc4ccccn4)cc3)cn2c1C. The number of carbonyl (C=O) groups is 1. The summed E-state index contributed by atoms with van der Waals surface area (Å²) in [6.07, 6.45) is 4.07. The molecule has 0 aliphatic heterocycles. The number of rotatable bonds is 6. The summed E-state index contributed by atoms with van der Waals surface area (Å²) >= 11 is 0. The van der Waals surface area contributed by atoms with Crippen molar-refractivity contribution < 1.29 is 13.2 Å². The normalized spacial score (nSPS) is 11.4. The van der Waals surface area contributed by atoms with Crippen molar-refractivity contribution in [3.63, 3.8) is 0 Å².